The van der Waals surface area contributed by atoms with E-state index in [1.54, 1.807) is 17.0 Å². The largest absolute Gasteiger partial charge is 0.490 e. The summed E-state index contributed by atoms with van der Waals surface area (Å²) in [5.41, 5.74) is 0. The summed E-state index contributed by atoms with van der Waals surface area (Å²) >= 11 is 0. The minimum absolute atomic E-state index is 0.0277. The molecule has 2 saturated heterocycles. The number of hydrogen-bond acceptors (Lipinski definition) is 6. The monoisotopic (exact) mass is 396 g/mol. The van der Waals surface area contributed by atoms with Crippen molar-refractivity contribution in [2.45, 2.75) is 30.3 Å². The number of ether oxygens (including phenoxy) is 3. The second kappa shape index (κ2) is 7.65. The van der Waals surface area contributed by atoms with Crippen molar-refractivity contribution in [3.8, 4) is 11.5 Å². The van der Waals surface area contributed by atoms with Crippen LogP contribution in [-0.2, 0) is 19.6 Å². The van der Waals surface area contributed by atoms with E-state index in [1.165, 1.54) is 10.4 Å². The zero-order valence-corrected chi connectivity index (χ0v) is 15.9. The second-order valence-electron chi connectivity index (χ2n) is 6.89. The predicted octanol–water partition coefficient (Wildman–Crippen LogP) is 0.860. The van der Waals surface area contributed by atoms with E-state index in [0.717, 1.165) is 19.3 Å². The van der Waals surface area contributed by atoms with Crippen LogP contribution >= 0.6 is 0 Å². The van der Waals surface area contributed by atoms with Crippen LogP contribution in [0.2, 0.25) is 0 Å². The lowest BCUT2D eigenvalue weighted by Crippen LogP contribution is -2.52. The van der Waals surface area contributed by atoms with Gasteiger partial charge in [-0.25, -0.2) is 8.42 Å². The van der Waals surface area contributed by atoms with Crippen LogP contribution in [-0.4, -0.2) is 75.6 Å². The maximum atomic E-state index is 13.0. The van der Waals surface area contributed by atoms with Crippen LogP contribution in [0, 0.1) is 0 Å². The van der Waals surface area contributed by atoms with Crippen LogP contribution in [0.3, 0.4) is 0 Å². The number of hydrogen-bond donors (Lipinski definition) is 0. The van der Waals surface area contributed by atoms with Crippen LogP contribution in [0.25, 0.3) is 0 Å². The number of carbonyl (C=O) groups is 1. The van der Waals surface area contributed by atoms with Gasteiger partial charge in [-0.2, -0.15) is 4.31 Å². The van der Waals surface area contributed by atoms with E-state index in [1.807, 2.05) is 0 Å². The Morgan fingerprint density at radius 1 is 0.963 bits per heavy atom. The van der Waals surface area contributed by atoms with Gasteiger partial charge in [0.1, 0.15) is 6.10 Å². The Balaban J connectivity index is 1.44. The summed E-state index contributed by atoms with van der Waals surface area (Å²) in [5, 5.41) is 0. The van der Waals surface area contributed by atoms with Crippen LogP contribution in [0.15, 0.2) is 23.1 Å². The minimum atomic E-state index is -3.65. The molecule has 2 fully saturated rings. The third-order valence-electron chi connectivity index (χ3n) is 5.11. The number of carbonyl (C=O) groups excluding carboxylic acids is 1. The zero-order chi connectivity index (χ0) is 18.9. The topological polar surface area (TPSA) is 85.4 Å². The summed E-state index contributed by atoms with van der Waals surface area (Å²) in [4.78, 5) is 14.3. The normalized spacial score (nSPS) is 23.9. The molecule has 0 aromatic heterocycles. The summed E-state index contributed by atoms with van der Waals surface area (Å²) in [5.74, 6) is 0.999. The summed E-state index contributed by atoms with van der Waals surface area (Å²) in [6, 6.07) is 4.72. The van der Waals surface area contributed by atoms with Crippen molar-refractivity contribution in [2.24, 2.45) is 0 Å². The highest BCUT2D eigenvalue weighted by Crippen LogP contribution is 2.33. The molecule has 8 nitrogen and oxygen atoms in total. The Kier molecular flexibility index (Phi) is 5.25. The molecule has 1 unspecified atom stereocenters. The SMILES string of the molecule is O=C(C1CCCO1)N1CCN(S(=O)(=O)c2ccc3c(c2)OCCCO3)CC1. The van der Waals surface area contributed by atoms with Crippen LogP contribution in [0.5, 0.6) is 11.5 Å². The maximum absolute atomic E-state index is 13.0. The maximum Gasteiger partial charge on any atom is 0.251 e. The van der Waals surface area contributed by atoms with Gasteiger partial charge in [0.25, 0.3) is 5.91 Å². The fourth-order valence-electron chi connectivity index (χ4n) is 3.58. The van der Waals surface area contributed by atoms with Gasteiger partial charge >= 0.3 is 0 Å². The van der Waals surface area contributed by atoms with Gasteiger partial charge in [-0.1, -0.05) is 0 Å². The van der Waals surface area contributed by atoms with E-state index in [2.05, 4.69) is 0 Å². The average molecular weight is 396 g/mol. The first kappa shape index (κ1) is 18.5. The number of rotatable bonds is 3. The fourth-order valence-corrected chi connectivity index (χ4v) is 5.02. The Labute approximate surface area is 159 Å². The van der Waals surface area contributed by atoms with E-state index >= 15 is 0 Å². The number of benzene rings is 1. The predicted molar refractivity (Wildman–Crippen MR) is 96.4 cm³/mol. The van der Waals surface area contributed by atoms with Gasteiger partial charge < -0.3 is 19.1 Å². The lowest BCUT2D eigenvalue weighted by Gasteiger charge is -2.35. The third-order valence-corrected chi connectivity index (χ3v) is 7.01. The van der Waals surface area contributed by atoms with E-state index in [4.69, 9.17) is 14.2 Å². The molecule has 1 aromatic rings. The Bertz CT molecular complexity index is 798. The molecule has 1 atom stereocenters. The van der Waals surface area contributed by atoms with Gasteiger partial charge in [-0.15, -0.1) is 0 Å². The molecule has 0 spiro atoms. The van der Waals surface area contributed by atoms with Crippen molar-refractivity contribution in [1.29, 1.82) is 0 Å². The molecule has 1 aromatic carbocycles. The first-order chi connectivity index (χ1) is 13.1. The van der Waals surface area contributed by atoms with Gasteiger partial charge in [0, 0.05) is 45.3 Å². The lowest BCUT2D eigenvalue weighted by molar-refractivity contribution is -0.142. The number of piperazine rings is 1. The molecule has 3 aliphatic rings. The van der Waals surface area contributed by atoms with E-state index in [9.17, 15) is 13.2 Å². The quantitative estimate of drug-likeness (QED) is 0.753. The molecule has 0 N–H and O–H groups in total. The zero-order valence-electron chi connectivity index (χ0n) is 15.1. The molecule has 4 rings (SSSR count). The summed E-state index contributed by atoms with van der Waals surface area (Å²) in [6.45, 7) is 2.98. The van der Waals surface area contributed by atoms with Gasteiger partial charge in [0.2, 0.25) is 10.0 Å². The van der Waals surface area contributed by atoms with E-state index in [0.29, 0.717) is 44.4 Å². The standard InChI is InChI=1S/C18H24N2O6S/c21-18(16-3-1-10-25-16)19-6-8-20(9-7-19)27(22,23)14-4-5-15-17(13-14)26-12-2-11-24-15/h4-5,13,16H,1-3,6-12H2. The van der Waals surface area contributed by atoms with Crippen molar-refractivity contribution in [2.75, 3.05) is 46.0 Å². The molecular weight excluding hydrogens is 372 g/mol. The van der Waals surface area contributed by atoms with Gasteiger partial charge in [0.05, 0.1) is 18.1 Å². The van der Waals surface area contributed by atoms with E-state index < -0.39 is 10.0 Å². The highest BCUT2D eigenvalue weighted by molar-refractivity contribution is 7.89. The molecule has 0 saturated carbocycles. The highest BCUT2D eigenvalue weighted by atomic mass is 32.2. The Morgan fingerprint density at radius 2 is 1.70 bits per heavy atom. The molecule has 0 radical (unpaired) electrons. The lowest BCUT2D eigenvalue weighted by atomic mass is 10.2. The molecular formula is C18H24N2O6S. The third kappa shape index (κ3) is 3.76. The molecule has 27 heavy (non-hydrogen) atoms. The van der Waals surface area contributed by atoms with Crippen molar-refractivity contribution in [3.05, 3.63) is 18.2 Å². The second-order valence-corrected chi connectivity index (χ2v) is 8.83. The molecule has 0 aliphatic carbocycles. The van der Waals surface area contributed by atoms with Crippen LogP contribution in [0.4, 0.5) is 0 Å². The average Bonchev–Trinajstić information content (AvgIpc) is 3.12. The van der Waals surface area contributed by atoms with Crippen molar-refractivity contribution >= 4 is 15.9 Å². The van der Waals surface area contributed by atoms with Crippen molar-refractivity contribution in [1.82, 2.24) is 9.21 Å². The molecule has 9 heteroatoms. The number of sulfonamides is 1. The summed E-state index contributed by atoms with van der Waals surface area (Å²) in [6.07, 6.45) is 2.04. The molecule has 0 bridgehead atoms. The van der Waals surface area contributed by atoms with Crippen LogP contribution < -0.4 is 9.47 Å². The first-order valence-electron chi connectivity index (χ1n) is 9.36. The minimum Gasteiger partial charge on any atom is -0.490 e. The van der Waals surface area contributed by atoms with Crippen molar-refractivity contribution < 1.29 is 27.4 Å². The number of fused-ring (bicyclic) bond motifs is 1. The number of amides is 1. The highest BCUT2D eigenvalue weighted by Gasteiger charge is 2.34. The summed E-state index contributed by atoms with van der Waals surface area (Å²) < 4.78 is 44.0. The van der Waals surface area contributed by atoms with E-state index in [-0.39, 0.29) is 30.0 Å². The smallest absolute Gasteiger partial charge is 0.251 e. The Hall–Kier alpha value is -1.84. The van der Waals surface area contributed by atoms with Gasteiger partial charge in [-0.3, -0.25) is 4.79 Å². The van der Waals surface area contributed by atoms with Gasteiger partial charge in [-0.05, 0) is 25.0 Å². The van der Waals surface area contributed by atoms with Gasteiger partial charge in [0.15, 0.2) is 11.5 Å². The number of nitrogens with zero attached hydrogens (tertiary/aromatic N) is 2. The van der Waals surface area contributed by atoms with Crippen LogP contribution in [0.1, 0.15) is 19.3 Å². The first-order valence-corrected chi connectivity index (χ1v) is 10.8. The Morgan fingerprint density at radius 3 is 2.41 bits per heavy atom. The van der Waals surface area contributed by atoms with Crippen molar-refractivity contribution in [3.63, 3.8) is 0 Å². The molecule has 3 heterocycles. The fraction of sp³-hybridized carbons (Fsp3) is 0.611. The molecule has 148 valence electrons. The summed E-state index contributed by atoms with van der Waals surface area (Å²) in [7, 11) is -3.65. The molecule has 1 amide bonds. The molecule has 3 aliphatic heterocycles.